The summed E-state index contributed by atoms with van der Waals surface area (Å²) in [6.45, 7) is 6.53. The maximum Gasteiger partial charge on any atom is 0.306 e. The molecule has 3 nitrogen and oxygen atoms in total. The molecule has 0 radical (unpaired) electrons. The fourth-order valence-corrected chi connectivity index (χ4v) is 2.77. The number of halogens is 1. The van der Waals surface area contributed by atoms with Gasteiger partial charge >= 0.3 is 5.97 Å². The van der Waals surface area contributed by atoms with Crippen molar-refractivity contribution in [1.82, 2.24) is 0 Å². The van der Waals surface area contributed by atoms with E-state index >= 15 is 0 Å². The van der Waals surface area contributed by atoms with Gasteiger partial charge in [-0.3, -0.25) is 9.59 Å². The topological polar surface area (TPSA) is 43.4 Å². The Bertz CT molecular complexity index is 301. The second-order valence-corrected chi connectivity index (χ2v) is 6.13. The largest absolute Gasteiger partial charge is 0.462 e. The van der Waals surface area contributed by atoms with E-state index in [1.165, 1.54) is 6.42 Å². The predicted molar refractivity (Wildman–Crippen MR) is 71.3 cm³/mol. The van der Waals surface area contributed by atoms with Crippen LogP contribution in [0.2, 0.25) is 0 Å². The molecule has 1 aliphatic rings. The maximum absolute atomic E-state index is 11.7. The Morgan fingerprint density at radius 1 is 1.28 bits per heavy atom. The molecule has 3 atom stereocenters. The van der Waals surface area contributed by atoms with E-state index in [1.54, 1.807) is 0 Å². The van der Waals surface area contributed by atoms with E-state index in [9.17, 15) is 9.59 Å². The van der Waals surface area contributed by atoms with Gasteiger partial charge in [0.25, 0.3) is 0 Å². The van der Waals surface area contributed by atoms with Crippen molar-refractivity contribution < 1.29 is 14.3 Å². The number of rotatable bonds is 5. The standard InChI is InChI=1S/C14H23ClO3/c1-9(2)11-5-4-10(3)8-12(11)18-14(17)7-6-13(15)16/h9-12H,4-8H2,1-3H3. The Hall–Kier alpha value is -0.570. The lowest BCUT2D eigenvalue weighted by Gasteiger charge is -2.36. The number of esters is 1. The first-order valence-corrected chi connectivity index (χ1v) is 7.15. The summed E-state index contributed by atoms with van der Waals surface area (Å²) in [6, 6.07) is 0. The Kier molecular flexibility index (Phi) is 6.13. The number of hydrogen-bond donors (Lipinski definition) is 0. The first-order chi connectivity index (χ1) is 8.40. The van der Waals surface area contributed by atoms with E-state index in [0.29, 0.717) is 17.8 Å². The first-order valence-electron chi connectivity index (χ1n) is 6.78. The fraction of sp³-hybridized carbons (Fsp3) is 0.857. The van der Waals surface area contributed by atoms with E-state index in [-0.39, 0.29) is 24.9 Å². The lowest BCUT2D eigenvalue weighted by atomic mass is 9.75. The quantitative estimate of drug-likeness (QED) is 0.569. The molecule has 1 rings (SSSR count). The zero-order valence-corrected chi connectivity index (χ0v) is 12.2. The lowest BCUT2D eigenvalue weighted by Crippen LogP contribution is -2.35. The third-order valence-electron chi connectivity index (χ3n) is 3.77. The molecule has 1 fully saturated rings. The average molecular weight is 275 g/mol. The van der Waals surface area contributed by atoms with Gasteiger partial charge in [0.2, 0.25) is 5.24 Å². The summed E-state index contributed by atoms with van der Waals surface area (Å²) < 4.78 is 5.54. The van der Waals surface area contributed by atoms with Crippen LogP contribution in [-0.4, -0.2) is 17.3 Å². The van der Waals surface area contributed by atoms with E-state index in [4.69, 9.17) is 16.3 Å². The van der Waals surface area contributed by atoms with Crippen molar-refractivity contribution in [3.05, 3.63) is 0 Å². The van der Waals surface area contributed by atoms with Gasteiger partial charge in [0, 0.05) is 6.42 Å². The Morgan fingerprint density at radius 2 is 1.94 bits per heavy atom. The van der Waals surface area contributed by atoms with Crippen LogP contribution in [0.15, 0.2) is 0 Å². The number of carbonyl (C=O) groups is 2. The summed E-state index contributed by atoms with van der Waals surface area (Å²) in [5.74, 6) is 1.27. The van der Waals surface area contributed by atoms with Crippen LogP contribution >= 0.6 is 11.6 Å². The highest BCUT2D eigenvalue weighted by Gasteiger charge is 2.33. The summed E-state index contributed by atoms with van der Waals surface area (Å²) in [4.78, 5) is 22.3. The molecule has 0 N–H and O–H groups in total. The van der Waals surface area contributed by atoms with Gasteiger partial charge in [0.15, 0.2) is 0 Å². The third kappa shape index (κ3) is 4.97. The van der Waals surface area contributed by atoms with Crippen LogP contribution in [0.3, 0.4) is 0 Å². The fourth-order valence-electron chi connectivity index (χ4n) is 2.68. The van der Waals surface area contributed by atoms with E-state index in [2.05, 4.69) is 20.8 Å². The van der Waals surface area contributed by atoms with E-state index in [1.807, 2.05) is 0 Å². The minimum absolute atomic E-state index is 0.00618. The van der Waals surface area contributed by atoms with E-state index in [0.717, 1.165) is 12.8 Å². The van der Waals surface area contributed by atoms with Crippen molar-refractivity contribution in [1.29, 1.82) is 0 Å². The number of ether oxygens (including phenoxy) is 1. The van der Waals surface area contributed by atoms with Gasteiger partial charge in [-0.2, -0.15) is 0 Å². The monoisotopic (exact) mass is 274 g/mol. The number of hydrogen-bond acceptors (Lipinski definition) is 3. The second kappa shape index (κ2) is 7.13. The lowest BCUT2D eigenvalue weighted by molar-refractivity contribution is -0.156. The van der Waals surface area contributed by atoms with Gasteiger partial charge in [-0.05, 0) is 42.2 Å². The maximum atomic E-state index is 11.7. The minimum atomic E-state index is -0.482. The summed E-state index contributed by atoms with van der Waals surface area (Å²) in [6.07, 6.45) is 3.42. The molecule has 104 valence electrons. The molecule has 0 aliphatic heterocycles. The molecule has 0 bridgehead atoms. The van der Waals surface area contributed by atoms with E-state index < -0.39 is 5.24 Å². The SMILES string of the molecule is CC1CCC(C(C)C)C(OC(=O)CCC(=O)Cl)C1. The summed E-state index contributed by atoms with van der Waals surface area (Å²) in [5, 5.41) is -0.482. The zero-order chi connectivity index (χ0) is 13.7. The number of carbonyl (C=O) groups excluding carboxylic acids is 2. The highest BCUT2D eigenvalue weighted by molar-refractivity contribution is 6.63. The van der Waals surface area contributed by atoms with Crippen molar-refractivity contribution in [3.8, 4) is 0 Å². The summed E-state index contributed by atoms with van der Waals surface area (Å²) >= 11 is 5.22. The van der Waals surface area contributed by atoms with Crippen molar-refractivity contribution >= 4 is 22.8 Å². The molecule has 1 saturated carbocycles. The molecule has 0 saturated heterocycles. The Balaban J connectivity index is 2.49. The van der Waals surface area contributed by atoms with Gasteiger partial charge in [-0.15, -0.1) is 0 Å². The molecule has 0 heterocycles. The highest BCUT2D eigenvalue weighted by atomic mass is 35.5. The molecule has 1 aliphatic carbocycles. The minimum Gasteiger partial charge on any atom is -0.462 e. The molecule has 0 aromatic carbocycles. The molecule has 4 heteroatoms. The molecular formula is C14H23ClO3. The molecule has 0 aromatic heterocycles. The normalized spacial score (nSPS) is 28.2. The van der Waals surface area contributed by atoms with Crippen molar-refractivity contribution in [3.63, 3.8) is 0 Å². The highest BCUT2D eigenvalue weighted by Crippen LogP contribution is 2.35. The summed E-state index contributed by atoms with van der Waals surface area (Å²) in [7, 11) is 0. The molecule has 3 unspecified atom stereocenters. The molecule has 0 spiro atoms. The van der Waals surface area contributed by atoms with Crippen LogP contribution in [0.25, 0.3) is 0 Å². The molecule has 18 heavy (non-hydrogen) atoms. The molecular weight excluding hydrogens is 252 g/mol. The predicted octanol–water partition coefficient (Wildman–Crippen LogP) is 3.54. The van der Waals surface area contributed by atoms with Gasteiger partial charge in [-0.25, -0.2) is 0 Å². The Labute approximate surface area is 114 Å². The smallest absolute Gasteiger partial charge is 0.306 e. The van der Waals surface area contributed by atoms with Crippen molar-refractivity contribution in [2.45, 2.75) is 59.0 Å². The Morgan fingerprint density at radius 3 is 2.50 bits per heavy atom. The molecule has 0 aromatic rings. The average Bonchev–Trinajstić information content (AvgIpc) is 2.26. The van der Waals surface area contributed by atoms with Crippen LogP contribution in [-0.2, 0) is 14.3 Å². The second-order valence-electron chi connectivity index (χ2n) is 5.71. The third-order valence-corrected chi connectivity index (χ3v) is 3.96. The van der Waals surface area contributed by atoms with Crippen LogP contribution < -0.4 is 0 Å². The zero-order valence-electron chi connectivity index (χ0n) is 11.4. The van der Waals surface area contributed by atoms with Crippen molar-refractivity contribution in [2.75, 3.05) is 0 Å². The first kappa shape index (κ1) is 15.5. The van der Waals surface area contributed by atoms with Gasteiger partial charge in [-0.1, -0.05) is 27.2 Å². The van der Waals surface area contributed by atoms with Crippen LogP contribution in [0.1, 0.15) is 52.9 Å². The van der Waals surface area contributed by atoms with Gasteiger partial charge in [0.1, 0.15) is 6.10 Å². The van der Waals surface area contributed by atoms with Gasteiger partial charge in [0.05, 0.1) is 6.42 Å². The van der Waals surface area contributed by atoms with Crippen molar-refractivity contribution in [2.24, 2.45) is 17.8 Å². The molecule has 0 amide bonds. The van der Waals surface area contributed by atoms with Crippen LogP contribution in [0.4, 0.5) is 0 Å². The summed E-state index contributed by atoms with van der Waals surface area (Å²) in [5.41, 5.74) is 0. The van der Waals surface area contributed by atoms with Crippen LogP contribution in [0.5, 0.6) is 0 Å². The van der Waals surface area contributed by atoms with Crippen LogP contribution in [0, 0.1) is 17.8 Å². The van der Waals surface area contributed by atoms with Gasteiger partial charge < -0.3 is 4.74 Å².